The van der Waals surface area contributed by atoms with Gasteiger partial charge in [0.25, 0.3) is 0 Å². The summed E-state index contributed by atoms with van der Waals surface area (Å²) in [5.41, 5.74) is -2.79. The first-order valence-corrected chi connectivity index (χ1v) is 29.1. The lowest BCUT2D eigenvalue weighted by atomic mass is 9.68. The fourth-order valence-corrected chi connectivity index (χ4v) is 13.8. The monoisotopic (exact) mass is 1150 g/mol. The number of hydrogen-bond acceptors (Lipinski definition) is 8. The number of benzene rings is 7. The lowest BCUT2D eigenvalue weighted by Gasteiger charge is -2.38. The minimum absolute atomic E-state index is 0.0313. The van der Waals surface area contributed by atoms with Crippen LogP contribution in [-0.2, 0) is 28.2 Å². The third-order valence-electron chi connectivity index (χ3n) is 18.3. The van der Waals surface area contributed by atoms with Crippen LogP contribution in [0.1, 0.15) is 147 Å². The number of halogens is 6. The first-order chi connectivity index (χ1) is 40.2. The zero-order chi connectivity index (χ0) is 59.3. The third-order valence-corrected chi connectivity index (χ3v) is 18.3. The summed E-state index contributed by atoms with van der Waals surface area (Å²) in [5, 5.41) is 0.414. The number of alkyl halides is 6. The molecule has 0 amide bonds. The molecule has 84 heavy (non-hydrogen) atoms. The zero-order valence-electron chi connectivity index (χ0n) is 48.0. The van der Waals surface area contributed by atoms with Crippen LogP contribution in [0, 0.1) is 23.7 Å². The van der Waals surface area contributed by atoms with Gasteiger partial charge in [0.2, 0.25) is 0 Å². The Labute approximate surface area is 486 Å². The van der Waals surface area contributed by atoms with E-state index in [1.54, 1.807) is 86.7 Å². The minimum atomic E-state index is -5.19. The van der Waals surface area contributed by atoms with Crippen molar-refractivity contribution in [1.82, 2.24) is 0 Å². The summed E-state index contributed by atoms with van der Waals surface area (Å²) in [5.74, 6) is 2.88. The van der Waals surface area contributed by atoms with Crippen LogP contribution in [-0.4, -0.2) is 33.3 Å². The van der Waals surface area contributed by atoms with E-state index in [1.165, 1.54) is 84.8 Å². The van der Waals surface area contributed by atoms with E-state index in [0.717, 1.165) is 54.7 Å². The molecule has 1 heterocycles. The van der Waals surface area contributed by atoms with Crippen molar-refractivity contribution in [2.75, 3.05) is 21.3 Å². The Morgan fingerprint density at radius 1 is 0.595 bits per heavy atom. The molecule has 0 N–H and O–H groups in total. The van der Waals surface area contributed by atoms with E-state index in [9.17, 15) is 22.8 Å². The highest BCUT2D eigenvalue weighted by Gasteiger charge is 2.50. The average molecular weight is 1150 g/mol. The minimum Gasteiger partial charge on any atom is -0.497 e. The van der Waals surface area contributed by atoms with Gasteiger partial charge in [0.15, 0.2) is 17.1 Å². The number of carbonyl (C=O) groups is 2. The molecule has 2 saturated carbocycles. The molecule has 0 saturated heterocycles. The second kappa shape index (κ2) is 23.0. The van der Waals surface area contributed by atoms with Crippen molar-refractivity contribution in [3.8, 4) is 56.8 Å². The van der Waals surface area contributed by atoms with E-state index in [0.29, 0.717) is 39.9 Å². The van der Waals surface area contributed by atoms with E-state index in [-0.39, 0.29) is 73.8 Å². The molecule has 438 valence electrons. The second-order valence-corrected chi connectivity index (χ2v) is 23.5. The molecule has 0 bridgehead atoms. The van der Waals surface area contributed by atoms with Gasteiger partial charge in [-0.05, 0) is 174 Å². The van der Waals surface area contributed by atoms with Gasteiger partial charge in [-0.15, -0.1) is 0 Å². The molecule has 7 aromatic carbocycles. The molecule has 4 aliphatic rings. The van der Waals surface area contributed by atoms with Gasteiger partial charge < -0.3 is 28.4 Å². The Balaban J connectivity index is 0.890. The summed E-state index contributed by atoms with van der Waals surface area (Å²) in [7, 11) is 4.43. The predicted molar refractivity (Wildman–Crippen MR) is 312 cm³/mol. The number of rotatable bonds is 15. The number of unbranched alkanes of at least 4 members (excludes halogenated alkanes) is 2. The van der Waals surface area contributed by atoms with E-state index in [4.69, 9.17) is 28.4 Å². The Morgan fingerprint density at radius 2 is 1.15 bits per heavy atom. The van der Waals surface area contributed by atoms with Gasteiger partial charge >= 0.3 is 24.3 Å². The number of esters is 2. The van der Waals surface area contributed by atoms with Gasteiger partial charge in [-0.1, -0.05) is 114 Å². The van der Waals surface area contributed by atoms with Crippen molar-refractivity contribution in [3.63, 3.8) is 0 Å². The average Bonchev–Trinajstić information content (AvgIpc) is 1.52. The largest absolute Gasteiger partial charge is 0.497 e. The molecule has 1 aliphatic heterocycles. The van der Waals surface area contributed by atoms with Crippen LogP contribution in [0.2, 0.25) is 0 Å². The molecule has 2 fully saturated rings. The van der Waals surface area contributed by atoms with Crippen molar-refractivity contribution in [2.45, 2.75) is 121 Å². The highest BCUT2D eigenvalue weighted by molar-refractivity contribution is 6.10. The summed E-state index contributed by atoms with van der Waals surface area (Å²) in [6.45, 7) is 5.37. The topological polar surface area (TPSA) is 89.5 Å². The number of hydrogen-bond donors (Lipinski definition) is 0. The van der Waals surface area contributed by atoms with Crippen LogP contribution in [0.5, 0.6) is 34.5 Å². The first-order valence-electron chi connectivity index (χ1n) is 29.1. The van der Waals surface area contributed by atoms with Gasteiger partial charge in [0.05, 0.1) is 43.9 Å². The molecule has 14 heteroatoms. The van der Waals surface area contributed by atoms with Gasteiger partial charge in [0.1, 0.15) is 23.0 Å². The normalized spacial score (nSPS) is 19.6. The Kier molecular flexibility index (Phi) is 15.9. The first kappa shape index (κ1) is 58.1. The Hall–Kier alpha value is -7.74. The van der Waals surface area contributed by atoms with E-state index >= 15 is 13.2 Å². The maximum atomic E-state index is 15.3. The van der Waals surface area contributed by atoms with Crippen molar-refractivity contribution < 1.29 is 64.4 Å². The summed E-state index contributed by atoms with van der Waals surface area (Å²) in [4.78, 5) is 27.6. The fraction of sp³-hybridized carbons (Fsp3) is 0.371. The summed E-state index contributed by atoms with van der Waals surface area (Å²) in [6, 6.07) is 32.1. The van der Waals surface area contributed by atoms with Crippen molar-refractivity contribution in [2.24, 2.45) is 23.7 Å². The van der Waals surface area contributed by atoms with Gasteiger partial charge in [-0.3, -0.25) is 4.79 Å². The maximum absolute atomic E-state index is 15.3. The lowest BCUT2D eigenvalue weighted by molar-refractivity contribution is -0.144. The molecular formula is C70H68F6O8. The molecular weight excluding hydrogens is 1080 g/mol. The van der Waals surface area contributed by atoms with E-state index in [1.807, 2.05) is 36.4 Å². The van der Waals surface area contributed by atoms with Crippen LogP contribution in [0.4, 0.5) is 26.3 Å². The van der Waals surface area contributed by atoms with Gasteiger partial charge in [-0.2, -0.15) is 26.3 Å². The zero-order valence-corrected chi connectivity index (χ0v) is 48.0. The summed E-state index contributed by atoms with van der Waals surface area (Å²) < 4.78 is 126. The number of fused-ring (bicyclic) bond motifs is 8. The van der Waals surface area contributed by atoms with Crippen LogP contribution in [0.25, 0.3) is 39.1 Å². The molecule has 0 aromatic heterocycles. The fourth-order valence-electron chi connectivity index (χ4n) is 13.8. The molecule has 3 aliphatic carbocycles. The molecule has 0 unspecified atom stereocenters. The summed E-state index contributed by atoms with van der Waals surface area (Å²) >= 11 is 0. The third kappa shape index (κ3) is 11.0. The van der Waals surface area contributed by atoms with E-state index < -0.39 is 40.5 Å². The van der Waals surface area contributed by atoms with Crippen LogP contribution in [0.15, 0.2) is 127 Å². The number of carbonyl (C=O) groups excluding carboxylic acids is 2. The van der Waals surface area contributed by atoms with Crippen molar-refractivity contribution in [1.29, 1.82) is 0 Å². The van der Waals surface area contributed by atoms with Gasteiger partial charge in [-0.25, -0.2) is 4.79 Å². The van der Waals surface area contributed by atoms with Crippen LogP contribution in [0.3, 0.4) is 0 Å². The Morgan fingerprint density at radius 3 is 1.70 bits per heavy atom. The number of ether oxygens (including phenoxy) is 6. The van der Waals surface area contributed by atoms with Crippen LogP contribution >= 0.6 is 0 Å². The highest BCUT2D eigenvalue weighted by atomic mass is 19.4. The summed E-state index contributed by atoms with van der Waals surface area (Å²) in [6.07, 6.45) is 7.65. The highest BCUT2D eigenvalue weighted by Crippen LogP contribution is 2.62. The standard InChI is InChI=1S/C70H68F6O8/c1-7-8-9-10-41-11-13-42(14-12-41)43-15-19-46(20-16-43)65(77)82-53-29-23-45(24-30-53)44-17-21-47(22-18-44)66(78)83-60-39-55-56(40-59(60)81-6)64-54(63-61(55)57-37-50(69(71,72)73)38-58(70(74,75)76)62(57)67(63,2)3)35-36-68(84-64,48-25-31-51(79-4)32-26-48)49-27-33-52(80-5)34-28-49/h17-18,21-43,46H,7-16,19-20H2,1-6H3. The van der Waals surface area contributed by atoms with Crippen LogP contribution < -0.4 is 28.4 Å². The molecule has 0 atom stereocenters. The Bertz CT molecular complexity index is 3560. The SMILES string of the molecule is CCCCCC1CCC(C2CCC(C(=O)Oc3ccc(-c4ccc(C(=O)Oc5cc6c7c(c8c(c6cc5OC)OC(c5ccc(OC)cc5)(c5ccc(OC)cc5)C=C8)C(C)(C)c5c-7cc(C(F)(F)F)cc5C(F)(F)F)cc4)cc3)CC2)CC1. The second-order valence-electron chi connectivity index (χ2n) is 23.5. The molecule has 0 radical (unpaired) electrons. The predicted octanol–water partition coefficient (Wildman–Crippen LogP) is 18.5. The molecule has 8 nitrogen and oxygen atoms in total. The van der Waals surface area contributed by atoms with Crippen molar-refractivity contribution in [3.05, 3.63) is 172 Å². The van der Waals surface area contributed by atoms with E-state index in [2.05, 4.69) is 6.92 Å². The quantitative estimate of drug-likeness (QED) is 0.0434. The number of methoxy groups -OCH3 is 3. The smallest absolute Gasteiger partial charge is 0.416 e. The molecule has 7 aromatic rings. The molecule has 11 rings (SSSR count). The van der Waals surface area contributed by atoms with Crippen molar-refractivity contribution >= 4 is 28.8 Å². The maximum Gasteiger partial charge on any atom is 0.416 e. The lowest BCUT2D eigenvalue weighted by Crippen LogP contribution is -2.35. The van der Waals surface area contributed by atoms with Gasteiger partial charge in [0, 0.05) is 27.5 Å². The molecule has 0 spiro atoms.